The maximum atomic E-state index is 9.25. The van der Waals surface area contributed by atoms with Gasteiger partial charge in [0.2, 0.25) is 0 Å². The lowest BCUT2D eigenvalue weighted by molar-refractivity contribution is -0.131. The molecule has 1 fully saturated rings. The van der Waals surface area contributed by atoms with Gasteiger partial charge in [-0.3, -0.25) is 0 Å². The molecule has 0 radical (unpaired) electrons. The molecule has 0 saturated carbocycles. The van der Waals surface area contributed by atoms with Crippen LogP contribution < -0.4 is 0 Å². The lowest BCUT2D eigenvalue weighted by Gasteiger charge is -2.18. The van der Waals surface area contributed by atoms with Crippen molar-refractivity contribution in [2.45, 2.75) is 19.3 Å². The molecule has 4 heteroatoms. The number of hydrogen-bond acceptors (Lipinski definition) is 3. The van der Waals surface area contributed by atoms with Crippen LogP contribution in [0.5, 0.6) is 0 Å². The molecule has 0 aliphatic carbocycles. The summed E-state index contributed by atoms with van der Waals surface area (Å²) in [5, 5.41) is 17.7. The molecule has 0 unspecified atom stereocenters. The summed E-state index contributed by atoms with van der Waals surface area (Å²) in [6, 6.07) is 0. The molecule has 1 aliphatic rings. The topological polar surface area (TPSA) is 60.8 Å². The smallest absolute Gasteiger partial charge is 0.327 e. The normalized spacial score (nSPS) is 17.4. The number of carbonyl (C=O) groups is 1. The SMILES string of the molecule is C=CC(=O)O.ON1CCCCC1. The molecule has 2 N–H and O–H groups in total. The van der Waals surface area contributed by atoms with E-state index in [-0.39, 0.29) is 0 Å². The fourth-order valence-electron chi connectivity index (χ4n) is 0.877. The number of piperidine rings is 1. The number of hydrogen-bond donors (Lipinski definition) is 2. The van der Waals surface area contributed by atoms with Gasteiger partial charge in [0, 0.05) is 19.2 Å². The van der Waals surface area contributed by atoms with E-state index in [2.05, 4.69) is 6.58 Å². The first-order chi connectivity index (χ1) is 5.66. The molecule has 0 bridgehead atoms. The molecular formula is C8H15NO3. The third kappa shape index (κ3) is 7.24. The molecule has 0 amide bonds. The third-order valence-corrected chi connectivity index (χ3v) is 1.51. The Hall–Kier alpha value is -0.870. The molecular weight excluding hydrogens is 158 g/mol. The Bertz CT molecular complexity index is 141. The molecule has 12 heavy (non-hydrogen) atoms. The minimum Gasteiger partial charge on any atom is -0.478 e. The van der Waals surface area contributed by atoms with Gasteiger partial charge in [-0.2, -0.15) is 5.06 Å². The van der Waals surface area contributed by atoms with Gasteiger partial charge >= 0.3 is 5.97 Å². The molecule has 0 atom stereocenters. The molecule has 1 aliphatic heterocycles. The van der Waals surface area contributed by atoms with Crippen LogP contribution in [0.3, 0.4) is 0 Å². The van der Waals surface area contributed by atoms with Crippen LogP contribution >= 0.6 is 0 Å². The lowest BCUT2D eigenvalue weighted by atomic mass is 10.2. The summed E-state index contributed by atoms with van der Waals surface area (Å²) in [7, 11) is 0. The summed E-state index contributed by atoms with van der Waals surface area (Å²) in [6.07, 6.45) is 4.45. The number of carboxylic acid groups (broad SMARTS) is 1. The maximum absolute atomic E-state index is 9.25. The van der Waals surface area contributed by atoms with E-state index in [1.807, 2.05) is 0 Å². The van der Waals surface area contributed by atoms with Crippen LogP contribution in [0.2, 0.25) is 0 Å². The highest BCUT2D eigenvalue weighted by Crippen LogP contribution is 2.04. The van der Waals surface area contributed by atoms with Crippen LogP contribution in [-0.4, -0.2) is 34.4 Å². The minimum atomic E-state index is -0.981. The second-order valence-electron chi connectivity index (χ2n) is 2.56. The first-order valence-electron chi connectivity index (χ1n) is 3.96. The number of carboxylic acids is 1. The zero-order valence-corrected chi connectivity index (χ0v) is 7.07. The number of rotatable bonds is 1. The van der Waals surface area contributed by atoms with Crippen molar-refractivity contribution < 1.29 is 15.1 Å². The van der Waals surface area contributed by atoms with Gasteiger partial charge in [-0.15, -0.1) is 0 Å². The summed E-state index contributed by atoms with van der Waals surface area (Å²) in [6.45, 7) is 4.71. The van der Waals surface area contributed by atoms with Crippen molar-refractivity contribution in [2.24, 2.45) is 0 Å². The van der Waals surface area contributed by atoms with Gasteiger partial charge in [-0.1, -0.05) is 13.0 Å². The van der Waals surface area contributed by atoms with Crippen molar-refractivity contribution in [1.82, 2.24) is 5.06 Å². The van der Waals surface area contributed by atoms with Gasteiger partial charge in [-0.25, -0.2) is 4.79 Å². The minimum absolute atomic E-state index is 0.833. The molecule has 0 aromatic rings. The molecule has 70 valence electrons. The van der Waals surface area contributed by atoms with E-state index in [9.17, 15) is 4.79 Å². The Labute approximate surface area is 72.1 Å². The first kappa shape index (κ1) is 11.1. The molecule has 1 saturated heterocycles. The molecule has 0 aromatic carbocycles. The average Bonchev–Trinajstić information content (AvgIpc) is 2.07. The highest BCUT2D eigenvalue weighted by molar-refractivity contribution is 5.78. The highest BCUT2D eigenvalue weighted by Gasteiger charge is 2.04. The Morgan fingerprint density at radius 2 is 1.75 bits per heavy atom. The average molecular weight is 173 g/mol. The summed E-state index contributed by atoms with van der Waals surface area (Å²) in [5.74, 6) is -0.981. The van der Waals surface area contributed by atoms with Crippen LogP contribution in [0.15, 0.2) is 12.7 Å². The van der Waals surface area contributed by atoms with Crippen LogP contribution in [0, 0.1) is 0 Å². The van der Waals surface area contributed by atoms with Crippen molar-refractivity contribution >= 4 is 5.97 Å². The standard InChI is InChI=1S/C5H11NO.C3H4O2/c7-6-4-2-1-3-5-6;1-2-3(4)5/h7H,1-5H2;2H,1H2,(H,4,5). The third-order valence-electron chi connectivity index (χ3n) is 1.51. The van der Waals surface area contributed by atoms with Crippen LogP contribution in [-0.2, 0) is 4.79 Å². The monoisotopic (exact) mass is 173 g/mol. The van der Waals surface area contributed by atoms with Crippen molar-refractivity contribution in [2.75, 3.05) is 13.1 Å². The number of nitrogens with zero attached hydrogens (tertiary/aromatic N) is 1. The van der Waals surface area contributed by atoms with Gasteiger partial charge in [-0.05, 0) is 12.8 Å². The largest absolute Gasteiger partial charge is 0.478 e. The first-order valence-corrected chi connectivity index (χ1v) is 3.96. The van der Waals surface area contributed by atoms with Gasteiger partial charge in [0.25, 0.3) is 0 Å². The molecule has 0 spiro atoms. The van der Waals surface area contributed by atoms with E-state index in [0.717, 1.165) is 32.0 Å². The van der Waals surface area contributed by atoms with E-state index in [1.54, 1.807) is 0 Å². The Morgan fingerprint density at radius 3 is 1.92 bits per heavy atom. The van der Waals surface area contributed by atoms with Crippen molar-refractivity contribution in [3.8, 4) is 0 Å². The zero-order chi connectivity index (χ0) is 9.40. The number of aliphatic carboxylic acids is 1. The Morgan fingerprint density at radius 1 is 1.33 bits per heavy atom. The number of hydroxylamine groups is 2. The Balaban J connectivity index is 0.000000217. The fraction of sp³-hybridized carbons (Fsp3) is 0.625. The molecule has 4 nitrogen and oxygen atoms in total. The van der Waals surface area contributed by atoms with Crippen molar-refractivity contribution in [3.05, 3.63) is 12.7 Å². The molecule has 1 heterocycles. The van der Waals surface area contributed by atoms with Crippen molar-refractivity contribution in [3.63, 3.8) is 0 Å². The quantitative estimate of drug-likeness (QED) is 0.583. The van der Waals surface area contributed by atoms with Gasteiger partial charge < -0.3 is 10.3 Å². The predicted molar refractivity (Wildman–Crippen MR) is 45.0 cm³/mol. The van der Waals surface area contributed by atoms with E-state index >= 15 is 0 Å². The van der Waals surface area contributed by atoms with Crippen molar-refractivity contribution in [1.29, 1.82) is 0 Å². The maximum Gasteiger partial charge on any atom is 0.327 e. The fourth-order valence-corrected chi connectivity index (χ4v) is 0.877. The summed E-state index contributed by atoms with van der Waals surface area (Å²) >= 11 is 0. The van der Waals surface area contributed by atoms with Crippen LogP contribution in [0.25, 0.3) is 0 Å². The van der Waals surface area contributed by atoms with E-state index < -0.39 is 5.97 Å². The summed E-state index contributed by atoms with van der Waals surface area (Å²) < 4.78 is 0. The zero-order valence-electron chi connectivity index (χ0n) is 7.07. The van der Waals surface area contributed by atoms with Crippen LogP contribution in [0.1, 0.15) is 19.3 Å². The van der Waals surface area contributed by atoms with E-state index in [1.165, 1.54) is 11.5 Å². The second-order valence-corrected chi connectivity index (χ2v) is 2.56. The van der Waals surface area contributed by atoms with Crippen LogP contribution in [0.4, 0.5) is 0 Å². The summed E-state index contributed by atoms with van der Waals surface area (Å²) in [5.41, 5.74) is 0. The Kier molecular flexibility index (Phi) is 6.32. The van der Waals surface area contributed by atoms with Gasteiger partial charge in [0.05, 0.1) is 0 Å². The molecule has 0 aromatic heterocycles. The predicted octanol–water partition coefficient (Wildman–Crippen LogP) is 1.12. The van der Waals surface area contributed by atoms with E-state index in [4.69, 9.17) is 10.3 Å². The molecule has 1 rings (SSSR count). The van der Waals surface area contributed by atoms with Gasteiger partial charge in [0.1, 0.15) is 0 Å². The van der Waals surface area contributed by atoms with E-state index in [0.29, 0.717) is 0 Å². The second kappa shape index (κ2) is 6.82. The highest BCUT2D eigenvalue weighted by atomic mass is 16.5. The van der Waals surface area contributed by atoms with Gasteiger partial charge in [0.15, 0.2) is 0 Å². The summed E-state index contributed by atoms with van der Waals surface area (Å²) in [4.78, 5) is 9.25. The lowest BCUT2D eigenvalue weighted by Crippen LogP contribution is -2.25.